The molecule has 1 aromatic rings. The summed E-state index contributed by atoms with van der Waals surface area (Å²) in [6, 6.07) is 7.82. The summed E-state index contributed by atoms with van der Waals surface area (Å²) in [7, 11) is 1.61. The van der Waals surface area contributed by atoms with E-state index >= 15 is 0 Å². The van der Waals surface area contributed by atoms with E-state index in [-0.39, 0.29) is 11.7 Å². The van der Waals surface area contributed by atoms with Crippen LogP contribution in [0.4, 0.5) is 0 Å². The van der Waals surface area contributed by atoms with Gasteiger partial charge in [-0.3, -0.25) is 4.79 Å². The fourth-order valence-corrected chi connectivity index (χ4v) is 3.12. The Morgan fingerprint density at radius 1 is 1.29 bits per heavy atom. The number of ether oxygens (including phenoxy) is 1. The molecule has 1 atom stereocenters. The minimum atomic E-state index is -0.664. The third-order valence-electron chi connectivity index (χ3n) is 4.44. The Kier molecular flexibility index (Phi) is 5.38. The van der Waals surface area contributed by atoms with Crippen LogP contribution in [0.25, 0.3) is 0 Å². The molecule has 1 aliphatic rings. The molecule has 0 saturated heterocycles. The van der Waals surface area contributed by atoms with Gasteiger partial charge in [0.05, 0.1) is 13.2 Å². The number of nitrogens with zero attached hydrogens (tertiary/aromatic N) is 1. The zero-order chi connectivity index (χ0) is 15.2. The molecule has 3 nitrogen and oxygen atoms in total. The molecule has 0 heterocycles. The normalized spacial score (nSPS) is 17.6. The van der Waals surface area contributed by atoms with Gasteiger partial charge >= 0.3 is 0 Å². The molecule has 0 N–H and O–H groups in total. The number of hydrogen-bond acceptors (Lipinski definition) is 3. The first-order valence-corrected chi connectivity index (χ1v) is 7.75. The van der Waals surface area contributed by atoms with Crippen molar-refractivity contribution in [2.45, 2.75) is 51.4 Å². The van der Waals surface area contributed by atoms with Gasteiger partial charge in [-0.1, -0.05) is 37.8 Å². The minimum absolute atomic E-state index is 0.0458. The van der Waals surface area contributed by atoms with Crippen LogP contribution in [0.5, 0.6) is 5.75 Å². The molecule has 1 aliphatic carbocycles. The molecular formula is C18H23NO2. The van der Waals surface area contributed by atoms with Gasteiger partial charge in [-0.15, -0.1) is 0 Å². The van der Waals surface area contributed by atoms with E-state index in [9.17, 15) is 10.1 Å². The predicted octanol–water partition coefficient (Wildman–Crippen LogP) is 4.15. The van der Waals surface area contributed by atoms with Crippen LogP contribution in [0.1, 0.15) is 55.6 Å². The van der Waals surface area contributed by atoms with Gasteiger partial charge in [0.15, 0.2) is 5.78 Å². The first-order valence-electron chi connectivity index (χ1n) is 7.75. The number of carbonyl (C=O) groups excluding carboxylic acids is 1. The molecular weight excluding hydrogens is 262 g/mol. The topological polar surface area (TPSA) is 50.1 Å². The second kappa shape index (κ2) is 7.26. The second-order valence-corrected chi connectivity index (χ2v) is 5.88. The molecule has 0 amide bonds. The lowest BCUT2D eigenvalue weighted by Gasteiger charge is -2.17. The predicted molar refractivity (Wildman–Crippen MR) is 82.3 cm³/mol. The lowest BCUT2D eigenvalue weighted by molar-refractivity contribution is -0.123. The van der Waals surface area contributed by atoms with Gasteiger partial charge < -0.3 is 4.74 Å². The van der Waals surface area contributed by atoms with Crippen molar-refractivity contribution in [3.63, 3.8) is 0 Å². The van der Waals surface area contributed by atoms with Gasteiger partial charge in [0.2, 0.25) is 0 Å². The number of methoxy groups -OCH3 is 1. The number of rotatable bonds is 4. The Balaban J connectivity index is 2.22. The van der Waals surface area contributed by atoms with E-state index in [4.69, 9.17) is 4.74 Å². The van der Waals surface area contributed by atoms with Gasteiger partial charge in [0.1, 0.15) is 11.7 Å². The van der Waals surface area contributed by atoms with Crippen molar-refractivity contribution in [2.24, 2.45) is 5.92 Å². The highest BCUT2D eigenvalue weighted by Crippen LogP contribution is 2.31. The maximum Gasteiger partial charge on any atom is 0.157 e. The van der Waals surface area contributed by atoms with Crippen molar-refractivity contribution in [3.8, 4) is 11.8 Å². The first-order chi connectivity index (χ1) is 10.2. The number of carbonyl (C=O) groups is 1. The molecule has 1 unspecified atom stereocenters. The lowest BCUT2D eigenvalue weighted by atomic mass is 9.84. The van der Waals surface area contributed by atoms with Crippen molar-refractivity contribution < 1.29 is 9.53 Å². The molecule has 2 rings (SSSR count). The van der Waals surface area contributed by atoms with Crippen LogP contribution in [0, 0.1) is 24.2 Å². The van der Waals surface area contributed by atoms with Crippen LogP contribution in [0.15, 0.2) is 18.2 Å². The van der Waals surface area contributed by atoms with Crippen LogP contribution in [-0.2, 0) is 4.79 Å². The highest BCUT2D eigenvalue weighted by atomic mass is 16.5. The van der Waals surface area contributed by atoms with Crippen molar-refractivity contribution in [1.82, 2.24) is 0 Å². The Bertz CT molecular complexity index is 537. The highest BCUT2D eigenvalue weighted by molar-refractivity contribution is 5.90. The average molecular weight is 285 g/mol. The zero-order valence-electron chi connectivity index (χ0n) is 12.9. The van der Waals surface area contributed by atoms with E-state index < -0.39 is 5.92 Å². The smallest absolute Gasteiger partial charge is 0.157 e. The SMILES string of the molecule is COc1cc(C(C#N)C(=O)C2CCCCCC2)ccc1C. The number of nitriles is 1. The molecule has 3 heteroatoms. The number of Topliss-reactive ketones (excluding diaryl/α,β-unsaturated/α-hetero) is 1. The Morgan fingerprint density at radius 3 is 2.52 bits per heavy atom. The molecule has 112 valence electrons. The fraction of sp³-hybridized carbons (Fsp3) is 0.556. The van der Waals surface area contributed by atoms with Crippen molar-refractivity contribution in [2.75, 3.05) is 7.11 Å². The van der Waals surface area contributed by atoms with Gasteiger partial charge in [-0.05, 0) is 37.0 Å². The van der Waals surface area contributed by atoms with E-state index in [2.05, 4.69) is 6.07 Å². The molecule has 21 heavy (non-hydrogen) atoms. The van der Waals surface area contributed by atoms with Crippen LogP contribution >= 0.6 is 0 Å². The Morgan fingerprint density at radius 2 is 1.95 bits per heavy atom. The van der Waals surface area contributed by atoms with E-state index in [1.807, 2.05) is 25.1 Å². The summed E-state index contributed by atoms with van der Waals surface area (Å²) < 4.78 is 5.30. The second-order valence-electron chi connectivity index (χ2n) is 5.88. The molecule has 0 aliphatic heterocycles. The first kappa shape index (κ1) is 15.6. The maximum atomic E-state index is 12.7. The number of benzene rings is 1. The van der Waals surface area contributed by atoms with Gasteiger partial charge in [-0.2, -0.15) is 5.26 Å². The lowest BCUT2D eigenvalue weighted by Crippen LogP contribution is -2.21. The van der Waals surface area contributed by atoms with Crippen LogP contribution < -0.4 is 4.74 Å². The Hall–Kier alpha value is -1.82. The van der Waals surface area contributed by atoms with E-state index in [0.717, 1.165) is 42.6 Å². The molecule has 1 saturated carbocycles. The summed E-state index contributed by atoms with van der Waals surface area (Å²) in [5.74, 6) is 0.207. The highest BCUT2D eigenvalue weighted by Gasteiger charge is 2.29. The number of aryl methyl sites for hydroxylation is 1. The summed E-state index contributed by atoms with van der Waals surface area (Å²) in [4.78, 5) is 12.7. The quantitative estimate of drug-likeness (QED) is 0.781. The zero-order valence-corrected chi connectivity index (χ0v) is 12.9. The van der Waals surface area contributed by atoms with Crippen molar-refractivity contribution in [1.29, 1.82) is 5.26 Å². The van der Waals surface area contributed by atoms with Crippen molar-refractivity contribution >= 4 is 5.78 Å². The third-order valence-corrected chi connectivity index (χ3v) is 4.44. The Labute approximate surface area is 126 Å². The van der Waals surface area contributed by atoms with Crippen LogP contribution in [0.3, 0.4) is 0 Å². The summed E-state index contributed by atoms with van der Waals surface area (Å²) >= 11 is 0. The molecule has 1 aromatic carbocycles. The van der Waals surface area contributed by atoms with E-state index in [1.54, 1.807) is 7.11 Å². The largest absolute Gasteiger partial charge is 0.496 e. The third kappa shape index (κ3) is 3.64. The van der Waals surface area contributed by atoms with E-state index in [0.29, 0.717) is 0 Å². The average Bonchev–Trinajstić information content (AvgIpc) is 2.78. The molecule has 1 fully saturated rings. The van der Waals surface area contributed by atoms with Gasteiger partial charge in [0, 0.05) is 5.92 Å². The standard InChI is InChI=1S/C18H23NO2/c1-13-9-10-15(11-17(13)21-2)16(12-19)18(20)14-7-5-3-4-6-8-14/h9-11,14,16H,3-8H2,1-2H3. The molecule has 0 spiro atoms. The summed E-state index contributed by atoms with van der Waals surface area (Å²) in [5.41, 5.74) is 1.77. The molecule has 0 bridgehead atoms. The van der Waals surface area contributed by atoms with Crippen LogP contribution in [-0.4, -0.2) is 12.9 Å². The molecule has 0 radical (unpaired) electrons. The van der Waals surface area contributed by atoms with Crippen LogP contribution in [0.2, 0.25) is 0 Å². The van der Waals surface area contributed by atoms with Gasteiger partial charge in [0.25, 0.3) is 0 Å². The summed E-state index contributed by atoms with van der Waals surface area (Å²) in [6.07, 6.45) is 6.48. The number of ketones is 1. The fourth-order valence-electron chi connectivity index (χ4n) is 3.12. The van der Waals surface area contributed by atoms with E-state index in [1.165, 1.54) is 12.8 Å². The molecule has 0 aromatic heterocycles. The monoisotopic (exact) mass is 285 g/mol. The maximum absolute atomic E-state index is 12.7. The summed E-state index contributed by atoms with van der Waals surface area (Å²) in [5, 5.41) is 9.47. The van der Waals surface area contributed by atoms with Gasteiger partial charge in [-0.25, -0.2) is 0 Å². The number of hydrogen-bond donors (Lipinski definition) is 0. The summed E-state index contributed by atoms with van der Waals surface area (Å²) in [6.45, 7) is 1.96. The minimum Gasteiger partial charge on any atom is -0.496 e. The van der Waals surface area contributed by atoms with Crippen molar-refractivity contribution in [3.05, 3.63) is 29.3 Å².